The lowest BCUT2D eigenvalue weighted by Crippen LogP contribution is -2.49. The van der Waals surface area contributed by atoms with Crippen molar-refractivity contribution in [2.75, 3.05) is 13.2 Å². The second-order valence-electron chi connectivity index (χ2n) is 4.94. The number of ether oxygens (including phenoxy) is 2. The predicted octanol–water partition coefficient (Wildman–Crippen LogP) is 1.16. The van der Waals surface area contributed by atoms with Crippen LogP contribution >= 0.6 is 0 Å². The molecule has 0 amide bonds. The molecule has 3 heteroatoms. The van der Waals surface area contributed by atoms with Crippen LogP contribution in [0.15, 0.2) is 0 Å². The lowest BCUT2D eigenvalue weighted by molar-refractivity contribution is -0.178. The van der Waals surface area contributed by atoms with Crippen molar-refractivity contribution in [3.63, 3.8) is 0 Å². The van der Waals surface area contributed by atoms with Crippen molar-refractivity contribution in [1.82, 2.24) is 0 Å². The van der Waals surface area contributed by atoms with Gasteiger partial charge >= 0.3 is 0 Å². The van der Waals surface area contributed by atoms with Crippen molar-refractivity contribution in [2.45, 2.75) is 45.9 Å². The molecule has 2 atom stereocenters. The predicted molar refractivity (Wildman–Crippen MR) is 52.6 cm³/mol. The van der Waals surface area contributed by atoms with Crippen LogP contribution in [0.5, 0.6) is 0 Å². The summed E-state index contributed by atoms with van der Waals surface area (Å²) in [6, 6.07) is 0.0700. The molecule has 0 aliphatic carbocycles. The van der Waals surface area contributed by atoms with Gasteiger partial charge in [-0.25, -0.2) is 0 Å². The van der Waals surface area contributed by atoms with E-state index in [1.54, 1.807) is 0 Å². The number of nitrogens with two attached hydrogens (primary N) is 1. The minimum atomic E-state index is 0.0700. The lowest BCUT2D eigenvalue weighted by Gasteiger charge is -2.39. The second-order valence-corrected chi connectivity index (χ2v) is 4.94. The summed E-state index contributed by atoms with van der Waals surface area (Å²) in [4.78, 5) is 0. The van der Waals surface area contributed by atoms with Crippen molar-refractivity contribution in [3.8, 4) is 0 Å². The van der Waals surface area contributed by atoms with Gasteiger partial charge in [-0.15, -0.1) is 0 Å². The second kappa shape index (κ2) is 3.95. The molecule has 0 radical (unpaired) electrons. The molecule has 0 aromatic heterocycles. The maximum atomic E-state index is 5.88. The van der Waals surface area contributed by atoms with Crippen LogP contribution in [0.25, 0.3) is 0 Å². The summed E-state index contributed by atoms with van der Waals surface area (Å²) in [6.45, 7) is 9.90. The molecule has 0 aromatic rings. The van der Waals surface area contributed by atoms with Crippen LogP contribution in [0, 0.1) is 5.41 Å². The highest BCUT2D eigenvalue weighted by Crippen LogP contribution is 2.26. The van der Waals surface area contributed by atoms with Gasteiger partial charge in [-0.2, -0.15) is 0 Å². The van der Waals surface area contributed by atoms with Gasteiger partial charge in [-0.05, 0) is 12.3 Å². The van der Waals surface area contributed by atoms with Gasteiger partial charge < -0.3 is 15.2 Å². The average molecular weight is 187 g/mol. The van der Waals surface area contributed by atoms with E-state index in [1.165, 1.54) is 0 Å². The molecule has 1 saturated heterocycles. The Labute approximate surface area is 80.6 Å². The van der Waals surface area contributed by atoms with E-state index in [-0.39, 0.29) is 23.7 Å². The summed E-state index contributed by atoms with van der Waals surface area (Å²) in [5.41, 5.74) is 5.99. The standard InChI is InChI=1S/C10H21NO2/c1-7(11)9(10(2,3)4)13-8-5-12-6-8/h7-9H,5-6,11H2,1-4H3. The van der Waals surface area contributed by atoms with Crippen molar-refractivity contribution >= 4 is 0 Å². The first-order chi connectivity index (χ1) is 5.91. The monoisotopic (exact) mass is 187 g/mol. The molecule has 1 fully saturated rings. The molecular formula is C10H21NO2. The van der Waals surface area contributed by atoms with Gasteiger partial charge in [0.25, 0.3) is 0 Å². The van der Waals surface area contributed by atoms with Crippen LogP contribution in [0.4, 0.5) is 0 Å². The highest BCUT2D eigenvalue weighted by atomic mass is 16.6. The number of hydrogen-bond acceptors (Lipinski definition) is 3. The third-order valence-electron chi connectivity index (χ3n) is 2.28. The molecule has 78 valence electrons. The summed E-state index contributed by atoms with van der Waals surface area (Å²) in [7, 11) is 0. The van der Waals surface area contributed by atoms with Gasteiger partial charge in [0, 0.05) is 6.04 Å². The van der Waals surface area contributed by atoms with Crippen LogP contribution in [0.1, 0.15) is 27.7 Å². The minimum Gasteiger partial charge on any atom is -0.376 e. The van der Waals surface area contributed by atoms with E-state index in [0.717, 1.165) is 13.2 Å². The highest BCUT2D eigenvalue weighted by Gasteiger charge is 2.33. The SMILES string of the molecule is CC(N)C(OC1COC1)C(C)(C)C. The van der Waals surface area contributed by atoms with Gasteiger partial charge in [-0.3, -0.25) is 0 Å². The fraction of sp³-hybridized carbons (Fsp3) is 1.00. The summed E-state index contributed by atoms with van der Waals surface area (Å²) in [6.07, 6.45) is 0.372. The molecule has 1 aliphatic heterocycles. The molecule has 2 unspecified atom stereocenters. The van der Waals surface area contributed by atoms with E-state index < -0.39 is 0 Å². The van der Waals surface area contributed by atoms with Gasteiger partial charge in [0.1, 0.15) is 6.10 Å². The van der Waals surface area contributed by atoms with Crippen molar-refractivity contribution in [2.24, 2.45) is 11.1 Å². The zero-order chi connectivity index (χ0) is 10.1. The maximum absolute atomic E-state index is 5.88. The van der Waals surface area contributed by atoms with Gasteiger partial charge in [0.05, 0.1) is 19.3 Å². The summed E-state index contributed by atoms with van der Waals surface area (Å²) in [5, 5.41) is 0. The zero-order valence-electron chi connectivity index (χ0n) is 9.04. The van der Waals surface area contributed by atoms with Crippen molar-refractivity contribution in [3.05, 3.63) is 0 Å². The average Bonchev–Trinajstić information content (AvgIpc) is 1.79. The van der Waals surface area contributed by atoms with Crippen LogP contribution in [0.3, 0.4) is 0 Å². The smallest absolute Gasteiger partial charge is 0.105 e. The molecular weight excluding hydrogens is 166 g/mol. The van der Waals surface area contributed by atoms with E-state index in [4.69, 9.17) is 15.2 Å². The van der Waals surface area contributed by atoms with E-state index in [0.29, 0.717) is 0 Å². The fourth-order valence-electron chi connectivity index (χ4n) is 1.62. The minimum absolute atomic E-state index is 0.0700. The van der Waals surface area contributed by atoms with E-state index >= 15 is 0 Å². The Morgan fingerprint density at radius 2 is 1.92 bits per heavy atom. The molecule has 0 saturated carbocycles. The molecule has 3 nitrogen and oxygen atoms in total. The Kier molecular flexibility index (Phi) is 3.33. The van der Waals surface area contributed by atoms with E-state index in [1.807, 2.05) is 6.92 Å². The third-order valence-corrected chi connectivity index (χ3v) is 2.28. The zero-order valence-corrected chi connectivity index (χ0v) is 9.04. The Bertz CT molecular complexity index is 159. The maximum Gasteiger partial charge on any atom is 0.105 e. The largest absolute Gasteiger partial charge is 0.376 e. The first-order valence-corrected chi connectivity index (χ1v) is 4.90. The lowest BCUT2D eigenvalue weighted by atomic mass is 9.85. The Balaban J connectivity index is 2.46. The quantitative estimate of drug-likeness (QED) is 0.721. The normalized spacial score (nSPS) is 23.8. The molecule has 1 rings (SSSR count). The number of hydrogen-bond donors (Lipinski definition) is 1. The van der Waals surface area contributed by atoms with Crippen molar-refractivity contribution < 1.29 is 9.47 Å². The summed E-state index contributed by atoms with van der Waals surface area (Å²) in [5.74, 6) is 0. The Hall–Kier alpha value is -0.120. The molecule has 2 N–H and O–H groups in total. The molecule has 1 aliphatic rings. The topological polar surface area (TPSA) is 44.5 Å². The van der Waals surface area contributed by atoms with Crippen LogP contribution < -0.4 is 5.73 Å². The van der Waals surface area contributed by atoms with Crippen LogP contribution in [-0.4, -0.2) is 31.5 Å². The van der Waals surface area contributed by atoms with Crippen LogP contribution in [0.2, 0.25) is 0 Å². The summed E-state index contributed by atoms with van der Waals surface area (Å²) >= 11 is 0. The first-order valence-electron chi connectivity index (χ1n) is 4.90. The van der Waals surface area contributed by atoms with Crippen LogP contribution in [-0.2, 0) is 9.47 Å². The summed E-state index contributed by atoms with van der Waals surface area (Å²) < 4.78 is 10.9. The van der Waals surface area contributed by atoms with E-state index in [9.17, 15) is 0 Å². The Morgan fingerprint density at radius 1 is 1.38 bits per heavy atom. The van der Waals surface area contributed by atoms with E-state index in [2.05, 4.69) is 20.8 Å². The first kappa shape index (κ1) is 11.0. The molecule has 1 heterocycles. The van der Waals surface area contributed by atoms with Gasteiger partial charge in [-0.1, -0.05) is 20.8 Å². The molecule has 0 spiro atoms. The molecule has 0 bridgehead atoms. The fourth-order valence-corrected chi connectivity index (χ4v) is 1.62. The van der Waals surface area contributed by atoms with Gasteiger partial charge in [0.2, 0.25) is 0 Å². The molecule has 0 aromatic carbocycles. The van der Waals surface area contributed by atoms with Crippen molar-refractivity contribution in [1.29, 1.82) is 0 Å². The Morgan fingerprint density at radius 3 is 2.15 bits per heavy atom. The third kappa shape index (κ3) is 2.93. The molecule has 13 heavy (non-hydrogen) atoms. The van der Waals surface area contributed by atoms with Gasteiger partial charge in [0.15, 0.2) is 0 Å². The number of rotatable bonds is 3. The highest BCUT2D eigenvalue weighted by molar-refractivity contribution is 4.83.